The maximum absolute atomic E-state index is 2.40. The number of aryl methyl sites for hydroxylation is 4. The fourth-order valence-corrected chi connectivity index (χ4v) is 10.9. The van der Waals surface area contributed by atoms with E-state index in [1.165, 1.54) is 86.5 Å². The van der Waals surface area contributed by atoms with Gasteiger partial charge in [0.05, 0.1) is 0 Å². The summed E-state index contributed by atoms with van der Waals surface area (Å²) in [5, 5.41) is 0. The normalized spacial score (nSPS) is 11.0. The smallest absolute Gasteiger partial charge is 0.0490 e. The summed E-state index contributed by atoms with van der Waals surface area (Å²) < 4.78 is 0. The molecule has 10 rings (SSSR count). The molecule has 10 aromatic rings. The number of hydrogen-bond acceptors (Lipinski definition) is 4. The molecule has 0 saturated heterocycles. The van der Waals surface area contributed by atoms with Crippen molar-refractivity contribution in [2.75, 3.05) is 9.80 Å². The van der Waals surface area contributed by atoms with E-state index in [0.717, 1.165) is 22.7 Å². The first-order valence-electron chi connectivity index (χ1n) is 22.5. The molecule has 2 heterocycles. The van der Waals surface area contributed by atoms with Gasteiger partial charge in [0.15, 0.2) is 0 Å². The van der Waals surface area contributed by atoms with Crippen LogP contribution in [0.4, 0.5) is 34.1 Å². The second-order valence-corrected chi connectivity index (χ2v) is 19.0. The van der Waals surface area contributed by atoms with Gasteiger partial charge < -0.3 is 9.80 Å². The molecule has 0 bridgehead atoms. The molecule has 0 atom stereocenters. The van der Waals surface area contributed by atoms with Crippen molar-refractivity contribution in [3.8, 4) is 31.3 Å². The lowest BCUT2D eigenvalue weighted by Crippen LogP contribution is -2.12. The first-order valence-corrected chi connectivity index (χ1v) is 24.1. The van der Waals surface area contributed by atoms with E-state index in [1.54, 1.807) is 0 Å². The molecule has 0 unspecified atom stereocenters. The van der Waals surface area contributed by atoms with Gasteiger partial charge in [-0.2, -0.15) is 0 Å². The van der Waals surface area contributed by atoms with E-state index in [-0.39, 0.29) is 0 Å². The standard InChI is InChI=1S/C62H50N2S2/c1-43-23-31-51(32-24-43)63(52-33-25-44(2)26-34-52)53-35-27-49(28-36-53)57-42-61(60-40-39-55(65-60)41-56(47-17-7-5-8-18-47)48-19-9-6-10-20-48)66-62(57)50-29-37-54(38-30-50)64(58-21-13-11-15-45(58)3)59-22-14-12-16-46(59)4/h5-42H,1-4H3. The van der Waals surface area contributed by atoms with Crippen LogP contribution in [-0.2, 0) is 0 Å². The summed E-state index contributed by atoms with van der Waals surface area (Å²) in [5.74, 6) is 0. The van der Waals surface area contributed by atoms with E-state index in [2.05, 4.69) is 268 Å². The van der Waals surface area contributed by atoms with Crippen LogP contribution in [0.2, 0.25) is 0 Å². The lowest BCUT2D eigenvalue weighted by molar-refractivity contribution is 1.23. The van der Waals surface area contributed by atoms with Gasteiger partial charge in [0.25, 0.3) is 0 Å². The van der Waals surface area contributed by atoms with E-state index in [1.807, 2.05) is 22.7 Å². The van der Waals surface area contributed by atoms with Crippen molar-refractivity contribution in [1.29, 1.82) is 0 Å². The molecule has 0 amide bonds. The van der Waals surface area contributed by atoms with Crippen molar-refractivity contribution in [3.63, 3.8) is 0 Å². The van der Waals surface area contributed by atoms with Crippen molar-refractivity contribution in [2.24, 2.45) is 0 Å². The molecule has 8 aromatic carbocycles. The van der Waals surface area contributed by atoms with E-state index in [0.29, 0.717) is 0 Å². The molecule has 66 heavy (non-hydrogen) atoms. The third kappa shape index (κ3) is 8.94. The number of nitrogens with zero attached hydrogens (tertiary/aromatic N) is 2. The minimum absolute atomic E-state index is 1.11. The molecule has 0 N–H and O–H groups in total. The highest BCUT2D eigenvalue weighted by molar-refractivity contribution is 7.24. The molecule has 2 aromatic heterocycles. The van der Waals surface area contributed by atoms with Crippen molar-refractivity contribution in [1.82, 2.24) is 0 Å². The van der Waals surface area contributed by atoms with Gasteiger partial charge in [-0.05, 0) is 152 Å². The van der Waals surface area contributed by atoms with Crippen LogP contribution in [0.3, 0.4) is 0 Å². The van der Waals surface area contributed by atoms with Crippen LogP contribution in [0.1, 0.15) is 38.3 Å². The number of anilines is 6. The SMILES string of the molecule is Cc1ccc(N(c2ccc(C)cc2)c2ccc(-c3cc(-c4ccc(C=C(c5ccccc5)c5ccccc5)s4)sc3-c3ccc(N(c4ccccc4C)c4ccccc4C)cc3)cc2)cc1. The second kappa shape index (κ2) is 18.9. The maximum Gasteiger partial charge on any atom is 0.0490 e. The molecule has 0 radical (unpaired) electrons. The van der Waals surface area contributed by atoms with Crippen LogP contribution >= 0.6 is 22.7 Å². The highest BCUT2D eigenvalue weighted by atomic mass is 32.1. The zero-order chi connectivity index (χ0) is 45.0. The monoisotopic (exact) mass is 886 g/mol. The molecule has 4 heteroatoms. The summed E-state index contributed by atoms with van der Waals surface area (Å²) in [6, 6.07) is 81.6. The minimum Gasteiger partial charge on any atom is -0.311 e. The van der Waals surface area contributed by atoms with Crippen LogP contribution in [-0.4, -0.2) is 0 Å². The quantitative estimate of drug-likeness (QED) is 0.121. The number of rotatable bonds is 12. The van der Waals surface area contributed by atoms with Crippen LogP contribution in [0.5, 0.6) is 0 Å². The topological polar surface area (TPSA) is 6.48 Å². The van der Waals surface area contributed by atoms with Crippen LogP contribution in [0.25, 0.3) is 43.0 Å². The third-order valence-corrected chi connectivity index (χ3v) is 14.6. The Bertz CT molecular complexity index is 3120. The van der Waals surface area contributed by atoms with Gasteiger partial charge in [-0.25, -0.2) is 0 Å². The molecule has 0 saturated carbocycles. The first kappa shape index (κ1) is 42.5. The largest absolute Gasteiger partial charge is 0.311 e. The third-order valence-electron chi connectivity index (χ3n) is 12.2. The van der Waals surface area contributed by atoms with E-state index in [9.17, 15) is 0 Å². The summed E-state index contributed by atoms with van der Waals surface area (Å²) in [4.78, 5) is 9.70. The molecule has 0 aliphatic rings. The van der Waals surface area contributed by atoms with E-state index < -0.39 is 0 Å². The zero-order valence-corrected chi connectivity index (χ0v) is 39.3. The summed E-state index contributed by atoms with van der Waals surface area (Å²) in [7, 11) is 0. The molecule has 0 aliphatic carbocycles. The van der Waals surface area contributed by atoms with Gasteiger partial charge in [-0.15, -0.1) is 22.7 Å². The molecule has 0 fully saturated rings. The highest BCUT2D eigenvalue weighted by Crippen LogP contribution is 2.47. The van der Waals surface area contributed by atoms with Gasteiger partial charge in [-0.3, -0.25) is 0 Å². The summed E-state index contributed by atoms with van der Waals surface area (Å²) >= 11 is 3.71. The van der Waals surface area contributed by atoms with E-state index in [4.69, 9.17) is 0 Å². The molecule has 320 valence electrons. The van der Waals surface area contributed by atoms with Crippen molar-refractivity contribution >= 4 is 68.4 Å². The Morgan fingerprint density at radius 1 is 0.379 bits per heavy atom. The molecule has 0 spiro atoms. The average molecular weight is 887 g/mol. The first-order chi connectivity index (χ1) is 32.4. The Balaban J connectivity index is 1.07. The summed E-state index contributed by atoms with van der Waals surface area (Å²) in [6.45, 7) is 8.66. The number of para-hydroxylation sites is 2. The van der Waals surface area contributed by atoms with Gasteiger partial charge in [0.1, 0.15) is 0 Å². The molecule has 0 aliphatic heterocycles. The van der Waals surface area contributed by atoms with Gasteiger partial charge in [0, 0.05) is 59.2 Å². The average Bonchev–Trinajstić information content (AvgIpc) is 4.03. The Kier molecular flexibility index (Phi) is 12.2. The van der Waals surface area contributed by atoms with Crippen LogP contribution in [0.15, 0.2) is 224 Å². The van der Waals surface area contributed by atoms with Crippen molar-refractivity contribution in [2.45, 2.75) is 27.7 Å². The Labute approximate surface area is 397 Å². The zero-order valence-electron chi connectivity index (χ0n) is 37.7. The highest BCUT2D eigenvalue weighted by Gasteiger charge is 2.20. The van der Waals surface area contributed by atoms with Gasteiger partial charge in [-0.1, -0.05) is 157 Å². The fourth-order valence-electron chi connectivity index (χ4n) is 8.64. The Morgan fingerprint density at radius 2 is 0.818 bits per heavy atom. The predicted molar refractivity (Wildman–Crippen MR) is 287 cm³/mol. The second-order valence-electron chi connectivity index (χ2n) is 16.9. The maximum atomic E-state index is 2.40. The van der Waals surface area contributed by atoms with Gasteiger partial charge in [0.2, 0.25) is 0 Å². The Morgan fingerprint density at radius 3 is 1.32 bits per heavy atom. The summed E-state index contributed by atoms with van der Waals surface area (Å²) in [6.07, 6.45) is 2.34. The lowest BCUT2D eigenvalue weighted by Gasteiger charge is -2.28. The molecule has 2 nitrogen and oxygen atoms in total. The van der Waals surface area contributed by atoms with Gasteiger partial charge >= 0.3 is 0 Å². The summed E-state index contributed by atoms with van der Waals surface area (Å²) in [5.41, 5.74) is 19.0. The molecular formula is C62H50N2S2. The number of benzene rings is 8. The van der Waals surface area contributed by atoms with Crippen LogP contribution in [0, 0.1) is 27.7 Å². The minimum atomic E-state index is 1.11. The van der Waals surface area contributed by atoms with Crippen molar-refractivity contribution in [3.05, 3.63) is 263 Å². The van der Waals surface area contributed by atoms with E-state index >= 15 is 0 Å². The lowest BCUT2D eigenvalue weighted by atomic mass is 9.97. The van der Waals surface area contributed by atoms with Crippen LogP contribution < -0.4 is 9.80 Å². The number of thiophene rings is 2. The number of hydrogen-bond donors (Lipinski definition) is 0. The molecular weight excluding hydrogens is 837 g/mol. The fraction of sp³-hybridized carbons (Fsp3) is 0.0645. The predicted octanol–water partition coefficient (Wildman–Crippen LogP) is 18.6. The Hall–Kier alpha value is -7.50. The van der Waals surface area contributed by atoms with Crippen molar-refractivity contribution < 1.29 is 0 Å².